The van der Waals surface area contributed by atoms with Crippen molar-refractivity contribution in [3.63, 3.8) is 0 Å². The Labute approximate surface area is 110 Å². The summed E-state index contributed by atoms with van der Waals surface area (Å²) in [5, 5.41) is 13.5. The van der Waals surface area contributed by atoms with Gasteiger partial charge in [0.1, 0.15) is 6.21 Å². The van der Waals surface area contributed by atoms with Gasteiger partial charge in [-0.15, -0.1) is 0 Å². The summed E-state index contributed by atoms with van der Waals surface area (Å²) in [6.45, 7) is 6.93. The van der Waals surface area contributed by atoms with E-state index in [1.807, 2.05) is 0 Å². The maximum atomic E-state index is 11.0. The van der Waals surface area contributed by atoms with E-state index in [1.54, 1.807) is 0 Å². The predicted molar refractivity (Wildman–Crippen MR) is 73.2 cm³/mol. The minimum atomic E-state index is -0.354. The van der Waals surface area contributed by atoms with Crippen LogP contribution in [0, 0.1) is 0 Å². The summed E-state index contributed by atoms with van der Waals surface area (Å²) in [6.07, 6.45) is 2.93. The smallest absolute Gasteiger partial charge is 0.265 e. The second-order valence-corrected chi connectivity index (χ2v) is 4.48. The molecule has 0 radical (unpaired) electrons. The molecule has 0 aliphatic carbocycles. The topological polar surface area (TPSA) is 68.2 Å². The standard InChI is InChI=1S/C12H26N4O2/c1-4-16(10-6-8-15(2)3)9-5-7-13-12(17)11-14-18/h11,18H,4-10H2,1-3H3,(H,13,17)/b14-11-. The van der Waals surface area contributed by atoms with Crippen LogP contribution in [-0.4, -0.2) is 73.9 Å². The SMILES string of the molecule is CCN(CCCNC(=O)/C=N\O)CCCN(C)C. The van der Waals surface area contributed by atoms with Crippen LogP contribution in [0.15, 0.2) is 5.16 Å². The van der Waals surface area contributed by atoms with Crippen molar-refractivity contribution in [1.82, 2.24) is 15.1 Å². The fourth-order valence-electron chi connectivity index (χ4n) is 1.65. The van der Waals surface area contributed by atoms with Crippen LogP contribution in [-0.2, 0) is 4.79 Å². The minimum Gasteiger partial charge on any atom is -0.411 e. The molecule has 0 aliphatic heterocycles. The molecule has 6 heteroatoms. The Kier molecular flexibility index (Phi) is 10.3. The molecule has 1 amide bonds. The Morgan fingerprint density at radius 3 is 2.50 bits per heavy atom. The molecule has 0 spiro atoms. The van der Waals surface area contributed by atoms with Crippen molar-refractivity contribution in [2.75, 3.05) is 46.8 Å². The van der Waals surface area contributed by atoms with E-state index in [0.29, 0.717) is 6.54 Å². The van der Waals surface area contributed by atoms with E-state index >= 15 is 0 Å². The van der Waals surface area contributed by atoms with Crippen LogP contribution in [0.1, 0.15) is 19.8 Å². The van der Waals surface area contributed by atoms with Gasteiger partial charge >= 0.3 is 0 Å². The first-order valence-corrected chi connectivity index (χ1v) is 6.42. The van der Waals surface area contributed by atoms with Crippen molar-refractivity contribution in [2.45, 2.75) is 19.8 Å². The number of hydrogen-bond donors (Lipinski definition) is 2. The van der Waals surface area contributed by atoms with Gasteiger partial charge in [-0.25, -0.2) is 0 Å². The third-order valence-electron chi connectivity index (χ3n) is 2.65. The van der Waals surface area contributed by atoms with Crippen molar-refractivity contribution < 1.29 is 10.0 Å². The zero-order chi connectivity index (χ0) is 13.8. The molecule has 0 bridgehead atoms. The largest absolute Gasteiger partial charge is 0.411 e. The molecular formula is C12H26N4O2. The Balaban J connectivity index is 3.58. The highest BCUT2D eigenvalue weighted by Gasteiger charge is 2.03. The molecule has 0 aromatic carbocycles. The minimum absolute atomic E-state index is 0.354. The van der Waals surface area contributed by atoms with Crippen molar-refractivity contribution in [1.29, 1.82) is 0 Å². The summed E-state index contributed by atoms with van der Waals surface area (Å²) in [4.78, 5) is 15.5. The first kappa shape index (κ1) is 16.9. The summed E-state index contributed by atoms with van der Waals surface area (Å²) < 4.78 is 0. The molecule has 0 aliphatic rings. The average Bonchev–Trinajstić information content (AvgIpc) is 2.32. The maximum Gasteiger partial charge on any atom is 0.265 e. The molecule has 106 valence electrons. The summed E-state index contributed by atoms with van der Waals surface area (Å²) in [5.41, 5.74) is 0. The zero-order valence-corrected chi connectivity index (χ0v) is 11.7. The molecule has 0 saturated carbocycles. The molecule has 0 aromatic heterocycles. The zero-order valence-electron chi connectivity index (χ0n) is 11.7. The molecular weight excluding hydrogens is 232 g/mol. The van der Waals surface area contributed by atoms with E-state index in [0.717, 1.165) is 45.2 Å². The monoisotopic (exact) mass is 258 g/mol. The Morgan fingerprint density at radius 1 is 1.28 bits per heavy atom. The number of carbonyl (C=O) groups is 1. The molecule has 0 rings (SSSR count). The molecule has 0 unspecified atom stereocenters. The lowest BCUT2D eigenvalue weighted by atomic mass is 10.3. The number of rotatable bonds is 10. The molecule has 0 saturated heterocycles. The van der Waals surface area contributed by atoms with Gasteiger partial charge in [-0.3, -0.25) is 4.79 Å². The summed E-state index contributed by atoms with van der Waals surface area (Å²) in [7, 11) is 4.16. The lowest BCUT2D eigenvalue weighted by Crippen LogP contribution is -2.32. The fraction of sp³-hybridized carbons (Fsp3) is 0.833. The highest BCUT2D eigenvalue weighted by atomic mass is 16.4. The number of oxime groups is 1. The van der Waals surface area contributed by atoms with Gasteiger partial charge in [0, 0.05) is 6.54 Å². The number of nitrogens with one attached hydrogen (secondary N) is 1. The third kappa shape index (κ3) is 10.0. The van der Waals surface area contributed by atoms with Gasteiger partial charge in [0.05, 0.1) is 0 Å². The van der Waals surface area contributed by atoms with Crippen molar-refractivity contribution in [2.24, 2.45) is 5.16 Å². The highest BCUT2D eigenvalue weighted by molar-refractivity contribution is 6.25. The van der Waals surface area contributed by atoms with Gasteiger partial charge in [-0.2, -0.15) is 0 Å². The highest BCUT2D eigenvalue weighted by Crippen LogP contribution is 1.94. The van der Waals surface area contributed by atoms with Crippen LogP contribution in [0.25, 0.3) is 0 Å². The van der Waals surface area contributed by atoms with Crippen LogP contribution in [0.2, 0.25) is 0 Å². The van der Waals surface area contributed by atoms with Crippen LogP contribution in [0.5, 0.6) is 0 Å². The van der Waals surface area contributed by atoms with Gasteiger partial charge in [-0.05, 0) is 53.1 Å². The van der Waals surface area contributed by atoms with Gasteiger partial charge in [0.25, 0.3) is 5.91 Å². The molecule has 0 heterocycles. The van der Waals surface area contributed by atoms with Gasteiger partial charge in [-0.1, -0.05) is 12.1 Å². The van der Waals surface area contributed by atoms with E-state index in [1.165, 1.54) is 0 Å². The average molecular weight is 258 g/mol. The summed E-state index contributed by atoms with van der Waals surface area (Å²) >= 11 is 0. The summed E-state index contributed by atoms with van der Waals surface area (Å²) in [6, 6.07) is 0. The first-order chi connectivity index (χ1) is 8.60. The van der Waals surface area contributed by atoms with E-state index in [4.69, 9.17) is 5.21 Å². The molecule has 0 aromatic rings. The van der Waals surface area contributed by atoms with Crippen LogP contribution < -0.4 is 5.32 Å². The Morgan fingerprint density at radius 2 is 1.94 bits per heavy atom. The van der Waals surface area contributed by atoms with E-state index in [9.17, 15) is 4.79 Å². The quantitative estimate of drug-likeness (QED) is 0.255. The van der Waals surface area contributed by atoms with E-state index in [2.05, 4.69) is 41.3 Å². The Hall–Kier alpha value is -1.14. The number of amides is 1. The van der Waals surface area contributed by atoms with Gasteiger partial charge in [0.2, 0.25) is 0 Å². The van der Waals surface area contributed by atoms with Crippen molar-refractivity contribution in [3.8, 4) is 0 Å². The first-order valence-electron chi connectivity index (χ1n) is 6.42. The van der Waals surface area contributed by atoms with Crippen LogP contribution in [0.4, 0.5) is 0 Å². The summed E-state index contributed by atoms with van der Waals surface area (Å²) in [5.74, 6) is -0.354. The second kappa shape index (κ2) is 11.0. The van der Waals surface area contributed by atoms with Gasteiger partial charge < -0.3 is 20.3 Å². The number of carbonyl (C=O) groups excluding carboxylic acids is 1. The normalized spacial score (nSPS) is 11.6. The second-order valence-electron chi connectivity index (χ2n) is 4.48. The third-order valence-corrected chi connectivity index (χ3v) is 2.65. The molecule has 6 nitrogen and oxygen atoms in total. The molecule has 18 heavy (non-hydrogen) atoms. The van der Waals surface area contributed by atoms with Crippen molar-refractivity contribution in [3.05, 3.63) is 0 Å². The molecule has 0 atom stereocenters. The van der Waals surface area contributed by atoms with Crippen LogP contribution >= 0.6 is 0 Å². The van der Waals surface area contributed by atoms with E-state index < -0.39 is 0 Å². The maximum absolute atomic E-state index is 11.0. The fourth-order valence-corrected chi connectivity index (χ4v) is 1.65. The lowest BCUT2D eigenvalue weighted by molar-refractivity contribution is -0.114. The lowest BCUT2D eigenvalue weighted by Gasteiger charge is -2.21. The van der Waals surface area contributed by atoms with Crippen LogP contribution in [0.3, 0.4) is 0 Å². The molecule has 0 fully saturated rings. The molecule has 2 N–H and O–H groups in total. The number of nitrogens with zero attached hydrogens (tertiary/aromatic N) is 3. The number of hydrogen-bond acceptors (Lipinski definition) is 5. The predicted octanol–water partition coefficient (Wildman–Crippen LogP) is 0.226. The van der Waals surface area contributed by atoms with Gasteiger partial charge in [0.15, 0.2) is 0 Å². The Bertz CT molecular complexity index is 244. The van der Waals surface area contributed by atoms with E-state index in [-0.39, 0.29) is 5.91 Å². The van der Waals surface area contributed by atoms with Crippen molar-refractivity contribution >= 4 is 12.1 Å².